The van der Waals surface area contributed by atoms with Crippen LogP contribution in [0.1, 0.15) is 25.7 Å². The molecule has 0 heterocycles. The van der Waals surface area contributed by atoms with Crippen molar-refractivity contribution in [3.05, 3.63) is 28.2 Å². The van der Waals surface area contributed by atoms with Crippen molar-refractivity contribution in [2.75, 3.05) is 11.9 Å². The van der Waals surface area contributed by atoms with E-state index in [0.29, 0.717) is 6.54 Å². The minimum Gasteiger partial charge on any atom is -0.330 e. The van der Waals surface area contributed by atoms with Gasteiger partial charge in [0.15, 0.2) is 5.82 Å². The summed E-state index contributed by atoms with van der Waals surface area (Å²) >= 11 is 3.06. The smallest absolute Gasteiger partial charge is 0.227 e. The van der Waals surface area contributed by atoms with Crippen LogP contribution in [0.5, 0.6) is 0 Å². The van der Waals surface area contributed by atoms with E-state index in [-0.39, 0.29) is 27.9 Å². The molecule has 0 saturated heterocycles. The molecule has 0 radical (unpaired) electrons. The fourth-order valence-corrected chi connectivity index (χ4v) is 3.22. The Morgan fingerprint density at radius 2 is 2.05 bits per heavy atom. The number of anilines is 1. The first kappa shape index (κ1) is 15.4. The Morgan fingerprint density at radius 1 is 1.35 bits per heavy atom. The number of hydrogen-bond donors (Lipinski definition) is 2. The van der Waals surface area contributed by atoms with Crippen LogP contribution in [0.4, 0.5) is 14.5 Å². The number of carbonyl (C=O) groups is 1. The normalized spacial score (nSPS) is 22.6. The zero-order valence-corrected chi connectivity index (χ0v) is 12.6. The van der Waals surface area contributed by atoms with E-state index in [1.807, 2.05) is 0 Å². The Kier molecular flexibility index (Phi) is 5.10. The Labute approximate surface area is 125 Å². The van der Waals surface area contributed by atoms with Gasteiger partial charge >= 0.3 is 0 Å². The Morgan fingerprint density at radius 3 is 2.70 bits per heavy atom. The van der Waals surface area contributed by atoms with Crippen LogP contribution < -0.4 is 11.1 Å². The van der Waals surface area contributed by atoms with E-state index in [1.165, 1.54) is 0 Å². The van der Waals surface area contributed by atoms with Gasteiger partial charge in [0.25, 0.3) is 0 Å². The zero-order chi connectivity index (χ0) is 14.7. The Bertz CT molecular complexity index is 487. The maximum atomic E-state index is 13.7. The first-order valence-corrected chi connectivity index (χ1v) is 7.47. The third kappa shape index (κ3) is 3.35. The quantitative estimate of drug-likeness (QED) is 0.880. The van der Waals surface area contributed by atoms with Crippen molar-refractivity contribution in [3.8, 4) is 0 Å². The van der Waals surface area contributed by atoms with Crippen LogP contribution in [-0.2, 0) is 4.79 Å². The van der Waals surface area contributed by atoms with Gasteiger partial charge < -0.3 is 11.1 Å². The van der Waals surface area contributed by atoms with Gasteiger partial charge in [-0.05, 0) is 47.3 Å². The fourth-order valence-electron chi connectivity index (χ4n) is 2.71. The largest absolute Gasteiger partial charge is 0.330 e. The molecule has 3 N–H and O–H groups in total. The van der Waals surface area contributed by atoms with Gasteiger partial charge in [-0.2, -0.15) is 0 Å². The average molecular weight is 347 g/mol. The molecule has 1 aliphatic rings. The highest BCUT2D eigenvalue weighted by molar-refractivity contribution is 9.10. The monoisotopic (exact) mass is 346 g/mol. The summed E-state index contributed by atoms with van der Waals surface area (Å²) in [5.41, 5.74) is 5.68. The lowest BCUT2D eigenvalue weighted by Gasteiger charge is -2.29. The second kappa shape index (κ2) is 6.63. The summed E-state index contributed by atoms with van der Waals surface area (Å²) in [6.07, 6.45) is 3.72. The first-order valence-electron chi connectivity index (χ1n) is 6.68. The number of nitrogens with two attached hydrogens (primary N) is 1. The lowest BCUT2D eigenvalue weighted by Crippen LogP contribution is -2.35. The van der Waals surface area contributed by atoms with Gasteiger partial charge in [-0.1, -0.05) is 12.8 Å². The average Bonchev–Trinajstić information content (AvgIpc) is 2.42. The molecular weight excluding hydrogens is 330 g/mol. The second-order valence-corrected chi connectivity index (χ2v) is 5.97. The highest BCUT2D eigenvalue weighted by Crippen LogP contribution is 2.32. The van der Waals surface area contributed by atoms with Gasteiger partial charge in [0.2, 0.25) is 5.91 Å². The molecule has 2 rings (SSSR count). The molecule has 3 nitrogen and oxygen atoms in total. The van der Waals surface area contributed by atoms with Gasteiger partial charge in [0, 0.05) is 16.5 Å². The topological polar surface area (TPSA) is 55.1 Å². The van der Waals surface area contributed by atoms with E-state index in [2.05, 4.69) is 21.2 Å². The number of halogens is 3. The Hall–Kier alpha value is -1.01. The molecule has 2 atom stereocenters. The molecule has 1 aromatic carbocycles. The van der Waals surface area contributed by atoms with Crippen LogP contribution in [0.2, 0.25) is 0 Å². The predicted molar refractivity (Wildman–Crippen MR) is 77.2 cm³/mol. The summed E-state index contributed by atoms with van der Waals surface area (Å²) < 4.78 is 26.9. The molecule has 0 spiro atoms. The number of carbonyl (C=O) groups excluding carboxylic acids is 1. The lowest BCUT2D eigenvalue weighted by molar-refractivity contribution is -0.122. The van der Waals surface area contributed by atoms with Crippen molar-refractivity contribution < 1.29 is 13.6 Å². The van der Waals surface area contributed by atoms with Crippen LogP contribution in [-0.4, -0.2) is 12.5 Å². The van der Waals surface area contributed by atoms with Crippen molar-refractivity contribution >= 4 is 27.5 Å². The fraction of sp³-hybridized carbons (Fsp3) is 0.500. The first-order chi connectivity index (χ1) is 9.52. The van der Waals surface area contributed by atoms with Gasteiger partial charge in [0.05, 0.1) is 5.69 Å². The van der Waals surface area contributed by atoms with E-state index in [9.17, 15) is 13.6 Å². The molecule has 110 valence electrons. The Balaban J connectivity index is 2.15. The molecule has 0 aromatic heterocycles. The van der Waals surface area contributed by atoms with Gasteiger partial charge in [-0.15, -0.1) is 0 Å². The minimum absolute atomic E-state index is 0.0160. The van der Waals surface area contributed by atoms with E-state index in [0.717, 1.165) is 37.8 Å². The van der Waals surface area contributed by atoms with Gasteiger partial charge in [-0.3, -0.25) is 4.79 Å². The molecule has 0 aliphatic heterocycles. The third-order valence-electron chi connectivity index (χ3n) is 3.80. The van der Waals surface area contributed by atoms with Crippen molar-refractivity contribution in [2.45, 2.75) is 25.7 Å². The summed E-state index contributed by atoms with van der Waals surface area (Å²) in [6.45, 7) is 0.450. The van der Waals surface area contributed by atoms with Gasteiger partial charge in [0.1, 0.15) is 5.82 Å². The number of nitrogens with one attached hydrogen (secondary N) is 1. The molecule has 1 aliphatic carbocycles. The highest BCUT2D eigenvalue weighted by atomic mass is 79.9. The SMILES string of the molecule is NCC1CCCCC1C(=O)Nc1c(F)cc(F)cc1Br. The second-order valence-electron chi connectivity index (χ2n) is 5.12. The van der Waals surface area contributed by atoms with Crippen LogP contribution in [0.25, 0.3) is 0 Å². The molecule has 1 amide bonds. The van der Waals surface area contributed by atoms with E-state index in [4.69, 9.17) is 5.73 Å². The molecular formula is C14H17BrF2N2O. The molecule has 1 fully saturated rings. The van der Waals surface area contributed by atoms with E-state index < -0.39 is 11.6 Å². The molecule has 2 unspecified atom stereocenters. The van der Waals surface area contributed by atoms with Crippen LogP contribution >= 0.6 is 15.9 Å². The van der Waals surface area contributed by atoms with E-state index >= 15 is 0 Å². The van der Waals surface area contributed by atoms with Crippen LogP contribution in [0.15, 0.2) is 16.6 Å². The summed E-state index contributed by atoms with van der Waals surface area (Å²) in [7, 11) is 0. The molecule has 20 heavy (non-hydrogen) atoms. The summed E-state index contributed by atoms with van der Waals surface area (Å²) in [5, 5.41) is 2.56. The highest BCUT2D eigenvalue weighted by Gasteiger charge is 2.30. The maximum absolute atomic E-state index is 13.7. The minimum atomic E-state index is -0.787. The lowest BCUT2D eigenvalue weighted by atomic mass is 9.78. The summed E-state index contributed by atoms with van der Waals surface area (Å²) in [5.74, 6) is -1.79. The molecule has 6 heteroatoms. The maximum Gasteiger partial charge on any atom is 0.227 e. The predicted octanol–water partition coefficient (Wildman–Crippen LogP) is 3.43. The molecule has 1 saturated carbocycles. The third-order valence-corrected chi connectivity index (χ3v) is 4.43. The number of rotatable bonds is 3. The van der Waals surface area contributed by atoms with E-state index in [1.54, 1.807) is 0 Å². The van der Waals surface area contributed by atoms with Crippen molar-refractivity contribution in [1.82, 2.24) is 0 Å². The molecule has 0 bridgehead atoms. The molecule has 1 aromatic rings. The number of benzene rings is 1. The van der Waals surface area contributed by atoms with Crippen molar-refractivity contribution in [1.29, 1.82) is 0 Å². The van der Waals surface area contributed by atoms with Crippen LogP contribution in [0.3, 0.4) is 0 Å². The standard InChI is InChI=1S/C14H17BrF2N2O/c15-11-5-9(16)6-12(17)13(11)19-14(20)10-4-2-1-3-8(10)7-18/h5-6,8,10H,1-4,7,18H2,(H,19,20). The van der Waals surface area contributed by atoms with Crippen molar-refractivity contribution in [3.63, 3.8) is 0 Å². The van der Waals surface area contributed by atoms with Gasteiger partial charge in [-0.25, -0.2) is 8.78 Å². The zero-order valence-electron chi connectivity index (χ0n) is 11.0. The number of hydrogen-bond acceptors (Lipinski definition) is 2. The summed E-state index contributed by atoms with van der Waals surface area (Å²) in [4.78, 5) is 12.3. The van der Waals surface area contributed by atoms with Crippen molar-refractivity contribution in [2.24, 2.45) is 17.6 Å². The summed E-state index contributed by atoms with van der Waals surface area (Å²) in [6, 6.07) is 1.88. The van der Waals surface area contributed by atoms with Crippen LogP contribution in [0, 0.1) is 23.5 Å². The number of amides is 1.